The van der Waals surface area contributed by atoms with Crippen LogP contribution >= 0.6 is 0 Å². The minimum atomic E-state index is -0.0547. The predicted molar refractivity (Wildman–Crippen MR) is 49.3 cm³/mol. The molecular formula is C10H17NO2. The Hall–Kier alpha value is -0.570. The van der Waals surface area contributed by atoms with Gasteiger partial charge in [-0.25, -0.2) is 0 Å². The molecule has 0 aromatic carbocycles. The molecule has 1 aliphatic heterocycles. The Morgan fingerprint density at radius 3 is 2.69 bits per heavy atom. The molecular weight excluding hydrogens is 166 g/mol. The van der Waals surface area contributed by atoms with Crippen molar-refractivity contribution in [2.75, 3.05) is 7.11 Å². The van der Waals surface area contributed by atoms with Gasteiger partial charge in [0.25, 0.3) is 0 Å². The summed E-state index contributed by atoms with van der Waals surface area (Å²) in [5, 5.41) is 0. The molecule has 1 unspecified atom stereocenters. The molecule has 0 spiro atoms. The summed E-state index contributed by atoms with van der Waals surface area (Å²) >= 11 is 0. The van der Waals surface area contributed by atoms with Crippen molar-refractivity contribution >= 4 is 5.97 Å². The minimum absolute atomic E-state index is 0.0359. The van der Waals surface area contributed by atoms with Crippen molar-refractivity contribution in [1.82, 2.24) is 4.90 Å². The normalized spacial score (nSPS) is 37.7. The van der Waals surface area contributed by atoms with Gasteiger partial charge in [-0.15, -0.1) is 0 Å². The summed E-state index contributed by atoms with van der Waals surface area (Å²) in [5.41, 5.74) is 0. The van der Waals surface area contributed by atoms with Crippen LogP contribution in [0.3, 0.4) is 0 Å². The Morgan fingerprint density at radius 1 is 1.46 bits per heavy atom. The largest absolute Gasteiger partial charge is 0.468 e. The second-order valence-corrected chi connectivity index (χ2v) is 4.38. The minimum Gasteiger partial charge on any atom is -0.468 e. The zero-order valence-electron chi connectivity index (χ0n) is 8.49. The van der Waals surface area contributed by atoms with E-state index in [0.717, 1.165) is 12.3 Å². The fourth-order valence-corrected chi connectivity index (χ4v) is 2.59. The molecule has 1 saturated carbocycles. The summed E-state index contributed by atoms with van der Waals surface area (Å²) in [4.78, 5) is 13.7. The monoisotopic (exact) mass is 183 g/mol. The number of carbonyl (C=O) groups excluding carboxylic acids is 1. The van der Waals surface area contributed by atoms with Crippen LogP contribution in [0, 0.1) is 5.92 Å². The molecule has 0 bridgehead atoms. The van der Waals surface area contributed by atoms with E-state index in [-0.39, 0.29) is 12.0 Å². The van der Waals surface area contributed by atoms with Gasteiger partial charge in [0, 0.05) is 12.1 Å². The highest BCUT2D eigenvalue weighted by Crippen LogP contribution is 2.48. The van der Waals surface area contributed by atoms with Gasteiger partial charge >= 0.3 is 5.97 Å². The highest BCUT2D eigenvalue weighted by Gasteiger charge is 2.55. The van der Waals surface area contributed by atoms with Crippen molar-refractivity contribution in [1.29, 1.82) is 0 Å². The summed E-state index contributed by atoms with van der Waals surface area (Å²) in [6, 6.07) is 1.17. The molecule has 1 heterocycles. The van der Waals surface area contributed by atoms with Crippen molar-refractivity contribution in [3.8, 4) is 0 Å². The van der Waals surface area contributed by atoms with E-state index in [9.17, 15) is 4.79 Å². The number of hydrogen-bond acceptors (Lipinski definition) is 3. The van der Waals surface area contributed by atoms with Crippen LogP contribution in [0.2, 0.25) is 0 Å². The molecule has 0 aromatic rings. The smallest absolute Gasteiger partial charge is 0.323 e. The molecule has 3 atom stereocenters. The summed E-state index contributed by atoms with van der Waals surface area (Å²) in [5.74, 6) is 0.715. The van der Waals surface area contributed by atoms with E-state index >= 15 is 0 Å². The second-order valence-electron chi connectivity index (χ2n) is 4.38. The number of esters is 1. The number of piperidine rings is 1. The average Bonchev–Trinajstić information content (AvgIpc) is 2.74. The number of likely N-dealkylation sites (tertiary alicyclic amines) is 1. The van der Waals surface area contributed by atoms with E-state index in [1.807, 2.05) is 0 Å². The van der Waals surface area contributed by atoms with Crippen molar-refractivity contribution < 1.29 is 9.53 Å². The molecule has 0 N–H and O–H groups in total. The summed E-state index contributed by atoms with van der Waals surface area (Å²) in [7, 11) is 1.48. The highest BCUT2D eigenvalue weighted by molar-refractivity contribution is 5.76. The van der Waals surface area contributed by atoms with Gasteiger partial charge in [-0.2, -0.15) is 0 Å². The third kappa shape index (κ3) is 1.35. The van der Waals surface area contributed by atoms with Crippen LogP contribution in [0.4, 0.5) is 0 Å². The van der Waals surface area contributed by atoms with Gasteiger partial charge in [0.05, 0.1) is 7.11 Å². The van der Waals surface area contributed by atoms with Crippen molar-refractivity contribution in [3.63, 3.8) is 0 Å². The van der Waals surface area contributed by atoms with E-state index in [2.05, 4.69) is 18.7 Å². The van der Waals surface area contributed by atoms with E-state index in [0.29, 0.717) is 12.1 Å². The second kappa shape index (κ2) is 2.98. The number of fused-ring (bicyclic) bond motifs is 1. The molecule has 0 radical (unpaired) electrons. The van der Waals surface area contributed by atoms with E-state index < -0.39 is 0 Å². The topological polar surface area (TPSA) is 29.5 Å². The van der Waals surface area contributed by atoms with Crippen molar-refractivity contribution in [2.45, 2.75) is 44.8 Å². The van der Waals surface area contributed by atoms with Gasteiger partial charge in [-0.3, -0.25) is 9.69 Å². The van der Waals surface area contributed by atoms with Crippen LogP contribution in [0.15, 0.2) is 0 Å². The Balaban J connectivity index is 2.07. The summed E-state index contributed by atoms with van der Waals surface area (Å²) in [6.45, 7) is 4.30. The first kappa shape index (κ1) is 9.00. The third-order valence-electron chi connectivity index (χ3n) is 3.22. The Bertz CT molecular complexity index is 227. The van der Waals surface area contributed by atoms with Crippen LogP contribution < -0.4 is 0 Å². The molecule has 2 fully saturated rings. The molecule has 3 heteroatoms. The zero-order chi connectivity index (χ0) is 9.59. The first-order valence-electron chi connectivity index (χ1n) is 5.00. The molecule has 1 aliphatic carbocycles. The standard InChI is InChI=1S/C10H17NO2/c1-6(2)11-8-4-7(8)5-9(11)10(12)13-3/h6-9H,4-5H2,1-3H3/t7?,8-,9-/m0/s1. The zero-order valence-corrected chi connectivity index (χ0v) is 8.49. The average molecular weight is 183 g/mol. The van der Waals surface area contributed by atoms with E-state index in [1.54, 1.807) is 0 Å². The number of nitrogens with zero attached hydrogens (tertiary/aromatic N) is 1. The van der Waals surface area contributed by atoms with Crippen LogP contribution in [0.1, 0.15) is 26.7 Å². The predicted octanol–water partition coefficient (Wildman–Crippen LogP) is 1.03. The quantitative estimate of drug-likeness (QED) is 0.599. The lowest BCUT2D eigenvalue weighted by atomic mass is 10.1. The fraction of sp³-hybridized carbons (Fsp3) is 0.900. The van der Waals surface area contributed by atoms with Gasteiger partial charge in [0.15, 0.2) is 0 Å². The molecule has 2 rings (SSSR count). The molecule has 3 nitrogen and oxygen atoms in total. The molecule has 0 aromatic heterocycles. The first-order valence-corrected chi connectivity index (χ1v) is 5.00. The molecule has 74 valence electrons. The van der Waals surface area contributed by atoms with Crippen molar-refractivity contribution in [2.24, 2.45) is 5.92 Å². The van der Waals surface area contributed by atoms with Crippen LogP contribution in [0.5, 0.6) is 0 Å². The maximum absolute atomic E-state index is 11.4. The number of carbonyl (C=O) groups is 1. The van der Waals surface area contributed by atoms with Gasteiger partial charge in [0.1, 0.15) is 6.04 Å². The molecule has 13 heavy (non-hydrogen) atoms. The van der Waals surface area contributed by atoms with Crippen LogP contribution in [-0.4, -0.2) is 36.1 Å². The van der Waals surface area contributed by atoms with Crippen LogP contribution in [0.25, 0.3) is 0 Å². The molecule has 1 saturated heterocycles. The SMILES string of the molecule is COC(=O)[C@@H]1CC2C[C@@H]2N1C(C)C. The van der Waals surface area contributed by atoms with E-state index in [1.165, 1.54) is 13.5 Å². The summed E-state index contributed by atoms with van der Waals surface area (Å²) < 4.78 is 4.80. The maximum Gasteiger partial charge on any atom is 0.323 e. The number of methoxy groups -OCH3 is 1. The maximum atomic E-state index is 11.4. The van der Waals surface area contributed by atoms with Gasteiger partial charge in [-0.1, -0.05) is 0 Å². The molecule has 0 amide bonds. The lowest BCUT2D eigenvalue weighted by molar-refractivity contribution is -0.147. The van der Waals surface area contributed by atoms with Gasteiger partial charge < -0.3 is 4.74 Å². The van der Waals surface area contributed by atoms with E-state index in [4.69, 9.17) is 4.74 Å². The lowest BCUT2D eigenvalue weighted by Crippen LogP contribution is -2.43. The lowest BCUT2D eigenvalue weighted by Gasteiger charge is -2.28. The highest BCUT2D eigenvalue weighted by atomic mass is 16.5. The summed E-state index contributed by atoms with van der Waals surface area (Å²) in [6.07, 6.45) is 2.29. The van der Waals surface area contributed by atoms with Gasteiger partial charge in [-0.05, 0) is 32.6 Å². The third-order valence-corrected chi connectivity index (χ3v) is 3.22. The molecule has 2 aliphatic rings. The number of ether oxygens (including phenoxy) is 1. The fourth-order valence-electron chi connectivity index (χ4n) is 2.59. The Morgan fingerprint density at radius 2 is 2.15 bits per heavy atom. The Kier molecular flexibility index (Phi) is 2.06. The van der Waals surface area contributed by atoms with Crippen LogP contribution in [-0.2, 0) is 9.53 Å². The number of rotatable bonds is 2. The Labute approximate surface area is 79.0 Å². The van der Waals surface area contributed by atoms with Crippen molar-refractivity contribution in [3.05, 3.63) is 0 Å². The number of hydrogen-bond donors (Lipinski definition) is 0. The first-order chi connectivity index (χ1) is 6.15. The van der Waals surface area contributed by atoms with Gasteiger partial charge in [0.2, 0.25) is 0 Å².